The van der Waals surface area contributed by atoms with Crippen LogP contribution in [0.15, 0.2) is 36.5 Å². The highest BCUT2D eigenvalue weighted by Gasteiger charge is 2.29. The molecule has 0 spiro atoms. The van der Waals surface area contributed by atoms with E-state index >= 15 is 0 Å². The highest BCUT2D eigenvalue weighted by atomic mass is 16.5. The van der Waals surface area contributed by atoms with Gasteiger partial charge in [-0.2, -0.15) is 5.10 Å². The van der Waals surface area contributed by atoms with E-state index in [0.717, 1.165) is 49.2 Å². The number of fused-ring (bicyclic) bond motifs is 1. The van der Waals surface area contributed by atoms with E-state index in [1.54, 1.807) is 12.1 Å². The first-order valence-electron chi connectivity index (χ1n) is 9.49. The van der Waals surface area contributed by atoms with Crippen molar-refractivity contribution >= 4 is 17.5 Å². The second-order valence-corrected chi connectivity index (χ2v) is 7.50. The molecule has 27 heavy (non-hydrogen) atoms. The molecular weight excluding hydrogens is 340 g/mol. The topological polar surface area (TPSA) is 59.4 Å². The molecule has 0 amide bonds. The van der Waals surface area contributed by atoms with Gasteiger partial charge in [0.15, 0.2) is 5.82 Å². The number of nitrogens with one attached hydrogen (secondary N) is 1. The number of benzene rings is 1. The van der Waals surface area contributed by atoms with Gasteiger partial charge >= 0.3 is 5.97 Å². The molecule has 4 rings (SSSR count). The monoisotopic (exact) mass is 366 g/mol. The zero-order valence-electron chi connectivity index (χ0n) is 16.0. The van der Waals surface area contributed by atoms with Crippen LogP contribution in [0.25, 0.3) is 0 Å². The van der Waals surface area contributed by atoms with E-state index in [0.29, 0.717) is 5.56 Å². The van der Waals surface area contributed by atoms with Gasteiger partial charge in [-0.1, -0.05) is 12.6 Å². The molecule has 1 saturated carbocycles. The Balaban J connectivity index is 1.64. The van der Waals surface area contributed by atoms with Gasteiger partial charge in [0.2, 0.25) is 0 Å². The lowest BCUT2D eigenvalue weighted by atomic mass is 10.1. The minimum Gasteiger partial charge on any atom is -0.465 e. The summed E-state index contributed by atoms with van der Waals surface area (Å²) in [7, 11) is 1.39. The van der Waals surface area contributed by atoms with E-state index in [-0.39, 0.29) is 5.97 Å². The minimum absolute atomic E-state index is 0.339. The van der Waals surface area contributed by atoms with Gasteiger partial charge in [-0.15, -0.1) is 0 Å². The van der Waals surface area contributed by atoms with Crippen molar-refractivity contribution in [2.45, 2.75) is 39.3 Å². The Bertz CT molecular complexity index is 882. The number of hydrogen-bond donors (Lipinski definition) is 1. The van der Waals surface area contributed by atoms with Crippen molar-refractivity contribution in [3.63, 3.8) is 0 Å². The van der Waals surface area contributed by atoms with Crippen LogP contribution in [-0.4, -0.2) is 34.3 Å². The van der Waals surface area contributed by atoms with Crippen LogP contribution in [0.1, 0.15) is 41.4 Å². The maximum absolute atomic E-state index is 11.8. The van der Waals surface area contributed by atoms with Crippen LogP contribution in [-0.2, 0) is 24.2 Å². The summed E-state index contributed by atoms with van der Waals surface area (Å²) in [5.74, 6) is 1.30. The van der Waals surface area contributed by atoms with Crippen LogP contribution in [0, 0.1) is 5.92 Å². The van der Waals surface area contributed by atoms with Crippen molar-refractivity contribution in [1.29, 1.82) is 0 Å². The van der Waals surface area contributed by atoms with Gasteiger partial charge in [-0.3, -0.25) is 4.68 Å². The molecule has 6 heteroatoms. The number of methoxy groups -OCH3 is 1. The molecule has 1 aromatic heterocycles. The maximum atomic E-state index is 11.8. The number of aromatic nitrogens is 2. The summed E-state index contributed by atoms with van der Waals surface area (Å²) in [5, 5.41) is 8.32. The molecule has 0 saturated heterocycles. The Kier molecular flexibility index (Phi) is 4.64. The number of rotatable bonds is 6. The molecule has 2 aliphatic rings. The molecule has 2 heterocycles. The number of carbonyl (C=O) groups is 1. The summed E-state index contributed by atoms with van der Waals surface area (Å²) < 4.78 is 7.01. The van der Waals surface area contributed by atoms with Gasteiger partial charge in [-0.05, 0) is 43.9 Å². The third kappa shape index (κ3) is 3.70. The first-order valence-corrected chi connectivity index (χ1v) is 9.49. The summed E-state index contributed by atoms with van der Waals surface area (Å²) in [6.45, 7) is 8.94. The lowest BCUT2D eigenvalue weighted by Crippen LogP contribution is -2.29. The van der Waals surface area contributed by atoms with Crippen molar-refractivity contribution in [3.05, 3.63) is 53.4 Å². The molecule has 142 valence electrons. The summed E-state index contributed by atoms with van der Waals surface area (Å²) in [6, 6.07) is 7.35. The predicted octanol–water partition coefficient (Wildman–Crippen LogP) is 3.72. The summed E-state index contributed by atoms with van der Waals surface area (Å²) in [4.78, 5) is 14.1. The number of hydrogen-bond acceptors (Lipinski definition) is 5. The van der Waals surface area contributed by atoms with Gasteiger partial charge in [0.05, 0.1) is 12.7 Å². The Labute approximate surface area is 159 Å². The number of nitrogens with zero attached hydrogens (tertiary/aromatic N) is 3. The molecule has 1 aliphatic heterocycles. The molecule has 2 aromatic rings. The zero-order chi connectivity index (χ0) is 19.0. The molecular formula is C21H26N4O2. The van der Waals surface area contributed by atoms with E-state index in [4.69, 9.17) is 9.84 Å². The van der Waals surface area contributed by atoms with Crippen LogP contribution < -0.4 is 5.32 Å². The van der Waals surface area contributed by atoms with Crippen LogP contribution in [0.5, 0.6) is 0 Å². The van der Waals surface area contributed by atoms with Gasteiger partial charge < -0.3 is 15.0 Å². The smallest absolute Gasteiger partial charge is 0.337 e. The number of carbonyl (C=O) groups excluding carboxylic acids is 1. The van der Waals surface area contributed by atoms with Crippen molar-refractivity contribution in [1.82, 2.24) is 14.7 Å². The first kappa shape index (κ1) is 17.6. The summed E-state index contributed by atoms with van der Waals surface area (Å²) >= 11 is 0. The normalized spacial score (nSPS) is 16.0. The first-order chi connectivity index (χ1) is 13.0. The van der Waals surface area contributed by atoms with Gasteiger partial charge in [0.1, 0.15) is 0 Å². The average molecular weight is 366 g/mol. The van der Waals surface area contributed by atoms with Crippen molar-refractivity contribution in [2.75, 3.05) is 19.0 Å². The Hall–Kier alpha value is -2.76. The molecule has 1 N–H and O–H groups in total. The lowest BCUT2D eigenvalue weighted by Gasteiger charge is -2.29. The standard InChI is InChI=1S/C21H26N4O2/c1-14(2)24-10-9-19-18(13-24)20(23-25(19)12-15-7-8-15)22-17-6-4-5-16(11-17)21(26)27-3/h4-6,11,15H,1,7-10,12-13H2,2-3H3,(H,22,23). The second kappa shape index (κ2) is 7.10. The van der Waals surface area contributed by atoms with Crippen molar-refractivity contribution in [3.8, 4) is 0 Å². The lowest BCUT2D eigenvalue weighted by molar-refractivity contribution is 0.0601. The molecule has 1 fully saturated rings. The van der Waals surface area contributed by atoms with Crippen LogP contribution in [0.4, 0.5) is 11.5 Å². The Morgan fingerprint density at radius 3 is 2.93 bits per heavy atom. The third-order valence-electron chi connectivity index (χ3n) is 5.35. The third-order valence-corrected chi connectivity index (χ3v) is 5.35. The van der Waals surface area contributed by atoms with E-state index in [1.807, 2.05) is 19.1 Å². The number of anilines is 2. The molecule has 0 bridgehead atoms. The molecule has 1 aliphatic carbocycles. The fourth-order valence-electron chi connectivity index (χ4n) is 3.59. The Morgan fingerprint density at radius 1 is 1.41 bits per heavy atom. The van der Waals surface area contributed by atoms with Crippen LogP contribution in [0.3, 0.4) is 0 Å². The number of ether oxygens (including phenoxy) is 1. The minimum atomic E-state index is -0.339. The number of esters is 1. The SMILES string of the molecule is C=C(C)N1CCc2c(c(Nc3cccc(C(=O)OC)c3)nn2CC2CC2)C1. The number of allylic oxidation sites excluding steroid dienone is 1. The fourth-order valence-corrected chi connectivity index (χ4v) is 3.59. The predicted molar refractivity (Wildman–Crippen MR) is 105 cm³/mol. The van der Waals surface area contributed by atoms with Crippen molar-refractivity contribution in [2.24, 2.45) is 5.92 Å². The molecule has 6 nitrogen and oxygen atoms in total. The molecule has 0 unspecified atom stereocenters. The van der Waals surface area contributed by atoms with Gasteiger partial charge in [-0.25, -0.2) is 4.79 Å². The van der Waals surface area contributed by atoms with E-state index < -0.39 is 0 Å². The summed E-state index contributed by atoms with van der Waals surface area (Å²) in [6.07, 6.45) is 3.58. The van der Waals surface area contributed by atoms with E-state index in [1.165, 1.54) is 31.2 Å². The molecule has 1 aromatic carbocycles. The van der Waals surface area contributed by atoms with E-state index in [2.05, 4.69) is 21.5 Å². The van der Waals surface area contributed by atoms with Gasteiger partial charge in [0, 0.05) is 48.7 Å². The molecule has 0 radical (unpaired) electrons. The van der Waals surface area contributed by atoms with Crippen LogP contribution >= 0.6 is 0 Å². The highest BCUT2D eigenvalue weighted by molar-refractivity contribution is 5.90. The largest absolute Gasteiger partial charge is 0.465 e. The van der Waals surface area contributed by atoms with Gasteiger partial charge in [0.25, 0.3) is 0 Å². The fraction of sp³-hybridized carbons (Fsp3) is 0.429. The second-order valence-electron chi connectivity index (χ2n) is 7.50. The van der Waals surface area contributed by atoms with Crippen LogP contribution in [0.2, 0.25) is 0 Å². The highest BCUT2D eigenvalue weighted by Crippen LogP contribution is 2.35. The summed E-state index contributed by atoms with van der Waals surface area (Å²) in [5.41, 5.74) is 5.00. The van der Waals surface area contributed by atoms with Crippen molar-refractivity contribution < 1.29 is 9.53 Å². The molecule has 0 atom stereocenters. The zero-order valence-corrected chi connectivity index (χ0v) is 16.0. The quantitative estimate of drug-likeness (QED) is 0.790. The Morgan fingerprint density at radius 2 is 2.22 bits per heavy atom. The van der Waals surface area contributed by atoms with E-state index in [9.17, 15) is 4.79 Å². The average Bonchev–Trinajstić information content (AvgIpc) is 3.43. The maximum Gasteiger partial charge on any atom is 0.337 e.